The van der Waals surface area contributed by atoms with Crippen molar-refractivity contribution in [3.63, 3.8) is 0 Å². The first-order chi connectivity index (χ1) is 8.83. The number of alkyl halides is 1. The molecule has 1 aromatic carbocycles. The molecule has 1 heterocycles. The SMILES string of the molecule is Cc1ccc(CBr)c2ccn(C(=O)OC(C)(C)C)c12. The molecule has 0 spiro atoms. The van der Waals surface area contributed by atoms with E-state index >= 15 is 0 Å². The Morgan fingerprint density at radius 1 is 1.32 bits per heavy atom. The van der Waals surface area contributed by atoms with Gasteiger partial charge in [-0.3, -0.25) is 4.57 Å². The third-order valence-electron chi connectivity index (χ3n) is 2.87. The molecule has 3 nitrogen and oxygen atoms in total. The molecule has 0 saturated heterocycles. The molecule has 0 aliphatic heterocycles. The van der Waals surface area contributed by atoms with Gasteiger partial charge in [-0.15, -0.1) is 0 Å². The fraction of sp³-hybridized carbons (Fsp3) is 0.400. The van der Waals surface area contributed by atoms with Gasteiger partial charge in [0, 0.05) is 16.9 Å². The number of hydrogen-bond acceptors (Lipinski definition) is 2. The second-order valence-electron chi connectivity index (χ2n) is 5.60. The van der Waals surface area contributed by atoms with E-state index in [9.17, 15) is 4.79 Å². The number of rotatable bonds is 1. The van der Waals surface area contributed by atoms with Crippen LogP contribution < -0.4 is 0 Å². The van der Waals surface area contributed by atoms with Crippen molar-refractivity contribution in [3.05, 3.63) is 35.5 Å². The van der Waals surface area contributed by atoms with E-state index in [4.69, 9.17) is 4.74 Å². The van der Waals surface area contributed by atoms with Crippen molar-refractivity contribution in [1.29, 1.82) is 0 Å². The Labute approximate surface area is 121 Å². The molecule has 0 aliphatic carbocycles. The van der Waals surface area contributed by atoms with Crippen LogP contribution in [0, 0.1) is 6.92 Å². The molecule has 0 saturated carbocycles. The van der Waals surface area contributed by atoms with Crippen LogP contribution >= 0.6 is 15.9 Å². The molecule has 0 radical (unpaired) electrons. The minimum absolute atomic E-state index is 0.336. The quantitative estimate of drug-likeness (QED) is 0.716. The van der Waals surface area contributed by atoms with E-state index in [1.54, 1.807) is 10.8 Å². The third kappa shape index (κ3) is 2.84. The van der Waals surface area contributed by atoms with Crippen LogP contribution in [-0.2, 0) is 10.1 Å². The van der Waals surface area contributed by atoms with E-state index in [-0.39, 0.29) is 6.09 Å². The molecule has 0 aliphatic rings. The number of halogens is 1. The maximum absolute atomic E-state index is 12.2. The minimum Gasteiger partial charge on any atom is -0.443 e. The second kappa shape index (κ2) is 5.00. The zero-order valence-corrected chi connectivity index (χ0v) is 13.2. The number of fused-ring (bicyclic) bond motifs is 1. The molecule has 19 heavy (non-hydrogen) atoms. The highest BCUT2D eigenvalue weighted by Gasteiger charge is 2.20. The van der Waals surface area contributed by atoms with Gasteiger partial charge >= 0.3 is 6.09 Å². The van der Waals surface area contributed by atoms with Crippen LogP contribution in [0.25, 0.3) is 10.9 Å². The van der Waals surface area contributed by atoms with E-state index < -0.39 is 5.60 Å². The number of aromatic nitrogens is 1. The zero-order chi connectivity index (χ0) is 14.2. The fourth-order valence-corrected chi connectivity index (χ4v) is 2.56. The number of aryl methyl sites for hydroxylation is 1. The molecule has 2 rings (SSSR count). The first-order valence-electron chi connectivity index (χ1n) is 6.22. The summed E-state index contributed by atoms with van der Waals surface area (Å²) in [4.78, 5) is 12.2. The molecule has 102 valence electrons. The topological polar surface area (TPSA) is 31.2 Å². The highest BCUT2D eigenvalue weighted by molar-refractivity contribution is 9.08. The Morgan fingerprint density at radius 2 is 2.00 bits per heavy atom. The van der Waals surface area contributed by atoms with Crippen LogP contribution in [0.4, 0.5) is 4.79 Å². The van der Waals surface area contributed by atoms with Crippen LogP contribution in [0.5, 0.6) is 0 Å². The Balaban J connectivity index is 2.54. The first-order valence-corrected chi connectivity index (χ1v) is 7.34. The van der Waals surface area contributed by atoms with Crippen molar-refractivity contribution < 1.29 is 9.53 Å². The van der Waals surface area contributed by atoms with E-state index in [0.29, 0.717) is 0 Å². The lowest BCUT2D eigenvalue weighted by atomic mass is 10.1. The summed E-state index contributed by atoms with van der Waals surface area (Å²) >= 11 is 3.47. The summed E-state index contributed by atoms with van der Waals surface area (Å²) in [6.45, 7) is 7.61. The lowest BCUT2D eigenvalue weighted by Gasteiger charge is -2.20. The van der Waals surface area contributed by atoms with Crippen molar-refractivity contribution in [2.24, 2.45) is 0 Å². The summed E-state index contributed by atoms with van der Waals surface area (Å²) < 4.78 is 7.02. The first kappa shape index (κ1) is 14.1. The number of benzene rings is 1. The van der Waals surface area contributed by atoms with Gasteiger partial charge in [0.25, 0.3) is 0 Å². The molecule has 0 fully saturated rings. The van der Waals surface area contributed by atoms with Gasteiger partial charge in [0.05, 0.1) is 5.52 Å². The lowest BCUT2D eigenvalue weighted by Crippen LogP contribution is -2.26. The summed E-state index contributed by atoms with van der Waals surface area (Å²) in [6, 6.07) is 6.06. The highest BCUT2D eigenvalue weighted by atomic mass is 79.9. The standard InChI is InChI=1S/C15H18BrNO2/c1-10-5-6-11(9-16)12-7-8-17(13(10)12)14(18)19-15(2,3)4/h5-8H,9H2,1-4H3. The third-order valence-corrected chi connectivity index (χ3v) is 3.48. The van der Waals surface area contributed by atoms with Gasteiger partial charge in [-0.1, -0.05) is 28.1 Å². The fourth-order valence-electron chi connectivity index (χ4n) is 2.07. The predicted molar refractivity (Wildman–Crippen MR) is 80.9 cm³/mol. The maximum atomic E-state index is 12.2. The van der Waals surface area contributed by atoms with Gasteiger partial charge in [0.1, 0.15) is 5.60 Å². The van der Waals surface area contributed by atoms with Crippen molar-refractivity contribution >= 4 is 32.9 Å². The molecular weight excluding hydrogens is 306 g/mol. The van der Waals surface area contributed by atoms with E-state index in [0.717, 1.165) is 21.8 Å². The number of carbonyl (C=O) groups excluding carboxylic acids is 1. The Bertz CT molecular complexity index is 623. The molecule has 0 N–H and O–H groups in total. The predicted octanol–water partition coefficient (Wildman–Crippen LogP) is 4.63. The van der Waals surface area contributed by atoms with Gasteiger partial charge in [-0.2, -0.15) is 0 Å². The van der Waals surface area contributed by atoms with Crippen LogP contribution in [-0.4, -0.2) is 16.3 Å². The van der Waals surface area contributed by atoms with Gasteiger partial charge in [0.2, 0.25) is 0 Å². The Hall–Kier alpha value is -1.29. The van der Waals surface area contributed by atoms with Crippen LogP contribution in [0.3, 0.4) is 0 Å². The molecule has 0 amide bonds. The van der Waals surface area contributed by atoms with Gasteiger partial charge in [-0.25, -0.2) is 4.79 Å². The Kier molecular flexibility index (Phi) is 3.72. The molecule has 0 unspecified atom stereocenters. The largest absolute Gasteiger partial charge is 0.443 e. The molecule has 4 heteroatoms. The lowest BCUT2D eigenvalue weighted by molar-refractivity contribution is 0.0544. The summed E-state index contributed by atoms with van der Waals surface area (Å²) in [5.41, 5.74) is 2.67. The normalized spacial score (nSPS) is 11.8. The van der Waals surface area contributed by atoms with Crippen molar-refractivity contribution in [1.82, 2.24) is 4.57 Å². The van der Waals surface area contributed by atoms with Crippen LogP contribution in [0.2, 0.25) is 0 Å². The van der Waals surface area contributed by atoms with Gasteiger partial charge in [0.15, 0.2) is 0 Å². The van der Waals surface area contributed by atoms with E-state index in [2.05, 4.69) is 22.0 Å². The van der Waals surface area contributed by atoms with Gasteiger partial charge < -0.3 is 4.74 Å². The molecule has 2 aromatic rings. The minimum atomic E-state index is -0.491. The van der Waals surface area contributed by atoms with Crippen LogP contribution in [0.1, 0.15) is 31.9 Å². The van der Waals surface area contributed by atoms with Gasteiger partial charge in [-0.05, 0) is 44.9 Å². The monoisotopic (exact) mass is 323 g/mol. The summed E-state index contributed by atoms with van der Waals surface area (Å²) in [7, 11) is 0. The highest BCUT2D eigenvalue weighted by Crippen LogP contribution is 2.26. The summed E-state index contributed by atoms with van der Waals surface area (Å²) in [5, 5.41) is 1.85. The van der Waals surface area contributed by atoms with Crippen molar-refractivity contribution in [2.75, 3.05) is 0 Å². The molecular formula is C15H18BrNO2. The average molecular weight is 324 g/mol. The second-order valence-corrected chi connectivity index (χ2v) is 6.16. The molecule has 0 atom stereocenters. The number of ether oxygens (including phenoxy) is 1. The summed E-state index contributed by atoms with van der Waals surface area (Å²) in [6.07, 6.45) is 1.44. The number of carbonyl (C=O) groups is 1. The summed E-state index contributed by atoms with van der Waals surface area (Å²) in [5.74, 6) is 0. The van der Waals surface area contributed by atoms with Crippen LogP contribution in [0.15, 0.2) is 24.4 Å². The van der Waals surface area contributed by atoms with Crippen molar-refractivity contribution in [3.8, 4) is 0 Å². The van der Waals surface area contributed by atoms with E-state index in [1.807, 2.05) is 39.8 Å². The Morgan fingerprint density at radius 3 is 2.58 bits per heavy atom. The zero-order valence-electron chi connectivity index (χ0n) is 11.7. The molecule has 1 aromatic heterocycles. The number of nitrogens with zero attached hydrogens (tertiary/aromatic N) is 1. The molecule has 0 bridgehead atoms. The van der Waals surface area contributed by atoms with Crippen molar-refractivity contribution in [2.45, 2.75) is 38.6 Å². The number of hydrogen-bond donors (Lipinski definition) is 0. The smallest absolute Gasteiger partial charge is 0.418 e. The maximum Gasteiger partial charge on any atom is 0.418 e. The van der Waals surface area contributed by atoms with E-state index in [1.165, 1.54) is 5.56 Å². The average Bonchev–Trinajstić information content (AvgIpc) is 2.73.